The second-order valence-corrected chi connectivity index (χ2v) is 33.8. The molecule has 59 heavy (non-hydrogen) atoms. The first-order valence-electron chi connectivity index (χ1n) is 17.6. The predicted octanol–water partition coefficient (Wildman–Crippen LogP) is 0.524. The molecule has 0 amide bonds. The first kappa shape index (κ1) is 59.7. The fourth-order valence-corrected chi connectivity index (χ4v) is 30.4. The smallest absolute Gasteiger partial charge is 0.390 e. The van der Waals surface area contributed by atoms with Crippen LogP contribution in [0, 0.1) is 0 Å². The molecule has 0 spiro atoms. The third-order valence-corrected chi connectivity index (χ3v) is 33.0. The maximum Gasteiger partial charge on any atom is 0.671 e. The molecule has 0 aliphatic carbocycles. The molecule has 356 valence electrons. The Kier molecular flexibility index (Phi) is 27.6. The van der Waals surface area contributed by atoms with Gasteiger partial charge in [-0.3, -0.25) is 0 Å². The number of aliphatic hydroxyl groups is 1. The van der Waals surface area contributed by atoms with Crippen LogP contribution in [0.2, 0.25) is 12.1 Å². The normalized spacial score (nSPS) is 14.4. The van der Waals surface area contributed by atoms with E-state index in [1.807, 2.05) is 0 Å². The van der Waals surface area contributed by atoms with Crippen LogP contribution < -0.4 is 0 Å². The monoisotopic (exact) mass is 1010 g/mol. The molecule has 0 saturated carbocycles. The van der Waals surface area contributed by atoms with Gasteiger partial charge in [0.15, 0.2) is 0 Å². The third kappa shape index (κ3) is 16.6. The molecule has 0 atom stereocenters. The van der Waals surface area contributed by atoms with E-state index in [0.29, 0.717) is 0 Å². The summed E-state index contributed by atoms with van der Waals surface area (Å²) in [6.07, 6.45) is 0.574. The summed E-state index contributed by atoms with van der Waals surface area (Å²) in [6.45, 7) is 1.63. The van der Waals surface area contributed by atoms with Crippen LogP contribution in [0.25, 0.3) is 0 Å². The van der Waals surface area contributed by atoms with Gasteiger partial charge in [-0.25, -0.2) is 0 Å². The van der Waals surface area contributed by atoms with Crippen LogP contribution in [0.15, 0.2) is 0 Å². The Morgan fingerprint density at radius 3 is 0.542 bits per heavy atom. The number of rotatable bonds is 38. The lowest BCUT2D eigenvalue weighted by atomic mass is 9.95. The molecule has 0 aliphatic rings. The molecular weight excluding hydrogens is 937 g/mol. The first-order valence-corrected chi connectivity index (χ1v) is 31.3. The van der Waals surface area contributed by atoms with Crippen molar-refractivity contribution in [1.29, 1.82) is 0 Å². The van der Waals surface area contributed by atoms with Crippen molar-refractivity contribution in [2.75, 3.05) is 128 Å². The largest absolute Gasteiger partial charge is 0.671 e. The quantitative estimate of drug-likeness (QED) is 0.0830. The summed E-state index contributed by atoms with van der Waals surface area (Å²) >= 11 is 0. The van der Waals surface area contributed by atoms with Gasteiger partial charge in [0.1, 0.15) is 0 Å². The molecule has 0 aromatic carbocycles. The van der Waals surface area contributed by atoms with Crippen molar-refractivity contribution in [3.05, 3.63) is 0 Å². The van der Waals surface area contributed by atoms with Gasteiger partial charge >= 0.3 is 71.9 Å². The predicted molar refractivity (Wildman–Crippen MR) is 217 cm³/mol. The lowest BCUT2D eigenvalue weighted by Crippen LogP contribution is -2.69. The van der Waals surface area contributed by atoms with Gasteiger partial charge in [-0.2, -0.15) is 0 Å². The average molecular weight is 1010 g/mol. The second-order valence-electron chi connectivity index (χ2n) is 11.9. The van der Waals surface area contributed by atoms with E-state index in [0.717, 1.165) is 0 Å². The molecular formula is C26H70O25Si8. The molecule has 0 aliphatic heterocycles. The zero-order valence-corrected chi connectivity index (χ0v) is 46.0. The van der Waals surface area contributed by atoms with Crippen LogP contribution >= 0.6 is 0 Å². The van der Waals surface area contributed by atoms with E-state index in [1.165, 1.54) is 128 Å². The Labute approximate surface area is 358 Å². The van der Waals surface area contributed by atoms with E-state index in [9.17, 15) is 5.11 Å². The maximum absolute atomic E-state index is 11.9. The third-order valence-electron chi connectivity index (χ3n) is 8.58. The van der Waals surface area contributed by atoms with E-state index < -0.39 is 77.5 Å². The fraction of sp³-hybridized carbons (Fsp3) is 1.00. The summed E-state index contributed by atoms with van der Waals surface area (Å²) in [5, 5.41) is 11.9. The average Bonchev–Trinajstić information content (AvgIpc) is 3.27. The van der Waals surface area contributed by atoms with Crippen molar-refractivity contribution in [3.8, 4) is 0 Å². The lowest BCUT2D eigenvalue weighted by Gasteiger charge is -2.42. The minimum atomic E-state index is -4.39. The molecule has 0 unspecified atom stereocenters. The standard InChI is InChI=1S/C26H70O25Si8/c1-26(27,22-20-24-52(46-54(28-2,29-3)30-4,47-55(31-5,32-6)33-7)48-56(34-8,35-9)36-10)23-21-25-53(49-57(37-11,38-12)39-13,50-58(40-14,41-15)42-16)51-59(43-17,44-18)45-19/h27H,20-25H2,1-19H3. The van der Waals surface area contributed by atoms with Gasteiger partial charge in [0, 0.05) is 140 Å². The summed E-state index contributed by atoms with van der Waals surface area (Å²) in [5.74, 6) is 0. The zero-order chi connectivity index (χ0) is 45.7. The summed E-state index contributed by atoms with van der Waals surface area (Å²) < 4.78 is 140. The molecule has 33 heteroatoms. The van der Waals surface area contributed by atoms with Gasteiger partial charge < -0.3 is 109 Å². The molecule has 0 radical (unpaired) electrons. The van der Waals surface area contributed by atoms with Gasteiger partial charge in [0.25, 0.3) is 0 Å². The van der Waals surface area contributed by atoms with Crippen molar-refractivity contribution < 1.29 is 109 Å². The molecule has 0 fully saturated rings. The minimum absolute atomic E-state index is 0.0609. The Balaban J connectivity index is 7.20. The Morgan fingerprint density at radius 2 is 0.424 bits per heavy atom. The highest BCUT2D eigenvalue weighted by molar-refractivity contribution is 6.83. The Bertz CT molecular complexity index is 873. The molecule has 0 rings (SSSR count). The van der Waals surface area contributed by atoms with Crippen LogP contribution in [0.1, 0.15) is 32.6 Å². The molecule has 0 bridgehead atoms. The Morgan fingerprint density at radius 1 is 0.288 bits per heavy atom. The van der Waals surface area contributed by atoms with Crippen LogP contribution in [0.5, 0.6) is 0 Å². The van der Waals surface area contributed by atoms with Crippen molar-refractivity contribution in [2.24, 2.45) is 0 Å². The highest BCUT2D eigenvalue weighted by Gasteiger charge is 2.68. The van der Waals surface area contributed by atoms with Crippen LogP contribution in [0.4, 0.5) is 0 Å². The molecule has 0 aromatic rings. The van der Waals surface area contributed by atoms with E-state index in [-0.39, 0.29) is 37.8 Å². The van der Waals surface area contributed by atoms with Crippen molar-refractivity contribution >= 4 is 71.9 Å². The van der Waals surface area contributed by atoms with Crippen molar-refractivity contribution in [2.45, 2.75) is 50.3 Å². The number of hydrogen-bond acceptors (Lipinski definition) is 25. The van der Waals surface area contributed by atoms with E-state index in [2.05, 4.69) is 0 Å². The van der Waals surface area contributed by atoms with Gasteiger partial charge in [0.05, 0.1) is 5.60 Å². The SMILES string of the molecule is CO[Si](OC)(OC)O[Si](CCCC(C)(O)CCC[Si](O[Si](OC)(OC)OC)(O[Si](OC)(OC)OC)O[Si](OC)(OC)OC)(O[Si](OC)(OC)OC)O[Si](OC)(OC)OC. The lowest BCUT2D eigenvalue weighted by molar-refractivity contribution is -0.0286. The Hall–Kier alpha value is 0.735. The summed E-state index contributed by atoms with van der Waals surface area (Å²) in [4.78, 5) is 0. The molecule has 25 nitrogen and oxygen atoms in total. The summed E-state index contributed by atoms with van der Waals surface area (Å²) in [5.41, 5.74) is -1.40. The summed E-state index contributed by atoms with van der Waals surface area (Å²) in [7, 11) is -8.85. The maximum atomic E-state index is 11.9. The van der Waals surface area contributed by atoms with Crippen LogP contribution in [-0.4, -0.2) is 211 Å². The molecule has 0 aromatic heterocycles. The van der Waals surface area contributed by atoms with Gasteiger partial charge in [-0.15, -0.1) is 0 Å². The molecule has 1 N–H and O–H groups in total. The minimum Gasteiger partial charge on any atom is -0.390 e. The zero-order valence-electron chi connectivity index (χ0n) is 38.0. The van der Waals surface area contributed by atoms with Crippen molar-refractivity contribution in [1.82, 2.24) is 0 Å². The first-order chi connectivity index (χ1) is 27.7. The van der Waals surface area contributed by atoms with Crippen molar-refractivity contribution in [3.63, 3.8) is 0 Å². The topological polar surface area (TPSA) is 242 Å². The highest BCUT2D eigenvalue weighted by atomic mass is 28.5. The van der Waals surface area contributed by atoms with Gasteiger partial charge in [-0.05, 0) is 32.6 Å². The second kappa shape index (κ2) is 27.3. The highest BCUT2D eigenvalue weighted by Crippen LogP contribution is 2.36. The molecule has 0 saturated heterocycles. The van der Waals surface area contributed by atoms with E-state index >= 15 is 0 Å². The molecule has 0 heterocycles. The fourth-order valence-electron chi connectivity index (χ4n) is 5.32. The van der Waals surface area contributed by atoms with Crippen LogP contribution in [-0.2, 0) is 104 Å². The van der Waals surface area contributed by atoms with Gasteiger partial charge in [0.2, 0.25) is 0 Å². The van der Waals surface area contributed by atoms with E-state index in [4.69, 9.17) is 104 Å². The number of hydrogen-bond donors (Lipinski definition) is 1. The van der Waals surface area contributed by atoms with Crippen LogP contribution in [0.3, 0.4) is 0 Å². The summed E-state index contributed by atoms with van der Waals surface area (Å²) in [6, 6.07) is -0.122. The van der Waals surface area contributed by atoms with E-state index in [1.54, 1.807) is 6.92 Å². The van der Waals surface area contributed by atoms with Gasteiger partial charge in [-0.1, -0.05) is 0 Å².